The zero-order valence-corrected chi connectivity index (χ0v) is 12.7. The summed E-state index contributed by atoms with van der Waals surface area (Å²) < 4.78 is 0. The first-order valence-corrected chi connectivity index (χ1v) is 7.22. The van der Waals surface area contributed by atoms with Gasteiger partial charge in [0.1, 0.15) is 0 Å². The number of rotatable bonds is 5. The molecule has 3 heteroatoms. The predicted octanol–water partition coefficient (Wildman–Crippen LogP) is 3.57. The van der Waals surface area contributed by atoms with Gasteiger partial charge < -0.3 is 0 Å². The summed E-state index contributed by atoms with van der Waals surface area (Å²) in [5, 5.41) is 0.768. The van der Waals surface area contributed by atoms with Crippen molar-refractivity contribution in [1.82, 2.24) is 5.43 Å². The van der Waals surface area contributed by atoms with Crippen molar-refractivity contribution in [3.63, 3.8) is 0 Å². The Balaban J connectivity index is 2.09. The average Bonchev–Trinajstić information content (AvgIpc) is 2.36. The lowest BCUT2D eigenvalue weighted by Gasteiger charge is -2.17. The Morgan fingerprint density at radius 1 is 1.00 bits per heavy atom. The SMILES string of the molecule is Cc1cc(C)cc(CC(Cc2cccc(Cl)c2)NN)c1. The lowest BCUT2D eigenvalue weighted by Crippen LogP contribution is -2.38. The number of hydrogen-bond donors (Lipinski definition) is 2. The Bertz CT molecular complexity index is 561. The molecule has 0 saturated carbocycles. The minimum atomic E-state index is 0.203. The second-order valence-corrected chi connectivity index (χ2v) is 5.83. The van der Waals surface area contributed by atoms with Gasteiger partial charge >= 0.3 is 0 Å². The standard InChI is InChI=1S/C17H21ClN2/c1-12-6-13(2)8-15(7-12)11-17(20-19)10-14-4-3-5-16(18)9-14/h3-9,17,20H,10-11,19H2,1-2H3. The molecule has 2 nitrogen and oxygen atoms in total. The molecule has 0 fully saturated rings. The van der Waals surface area contributed by atoms with Crippen LogP contribution >= 0.6 is 11.6 Å². The van der Waals surface area contributed by atoms with E-state index < -0.39 is 0 Å². The maximum absolute atomic E-state index is 6.02. The van der Waals surface area contributed by atoms with Crippen molar-refractivity contribution in [2.24, 2.45) is 5.84 Å². The van der Waals surface area contributed by atoms with Crippen molar-refractivity contribution in [3.05, 3.63) is 69.7 Å². The van der Waals surface area contributed by atoms with Gasteiger partial charge in [-0.3, -0.25) is 11.3 Å². The molecule has 0 radical (unpaired) electrons. The summed E-state index contributed by atoms with van der Waals surface area (Å²) in [4.78, 5) is 0. The van der Waals surface area contributed by atoms with Crippen molar-refractivity contribution in [2.45, 2.75) is 32.7 Å². The smallest absolute Gasteiger partial charge is 0.0408 e. The fourth-order valence-corrected chi connectivity index (χ4v) is 2.82. The quantitative estimate of drug-likeness (QED) is 0.652. The van der Waals surface area contributed by atoms with Crippen molar-refractivity contribution in [1.29, 1.82) is 0 Å². The normalized spacial score (nSPS) is 12.4. The molecule has 1 atom stereocenters. The molecule has 20 heavy (non-hydrogen) atoms. The second kappa shape index (κ2) is 6.89. The Labute approximate surface area is 125 Å². The van der Waals surface area contributed by atoms with Crippen LogP contribution in [0, 0.1) is 13.8 Å². The van der Waals surface area contributed by atoms with Crippen molar-refractivity contribution < 1.29 is 0 Å². The zero-order valence-electron chi connectivity index (χ0n) is 12.0. The molecule has 0 saturated heterocycles. The van der Waals surface area contributed by atoms with Gasteiger partial charge in [-0.15, -0.1) is 0 Å². The molecular weight excluding hydrogens is 268 g/mol. The second-order valence-electron chi connectivity index (χ2n) is 5.40. The van der Waals surface area contributed by atoms with Crippen LogP contribution in [0.1, 0.15) is 22.3 Å². The molecule has 2 aromatic rings. The number of aryl methyl sites for hydroxylation is 2. The summed E-state index contributed by atoms with van der Waals surface area (Å²) in [7, 11) is 0. The summed E-state index contributed by atoms with van der Waals surface area (Å²) in [6.45, 7) is 4.25. The monoisotopic (exact) mass is 288 g/mol. The van der Waals surface area contributed by atoms with Crippen molar-refractivity contribution in [2.75, 3.05) is 0 Å². The van der Waals surface area contributed by atoms with E-state index in [0.29, 0.717) is 0 Å². The van der Waals surface area contributed by atoms with Crippen LogP contribution in [0.2, 0.25) is 5.02 Å². The number of benzene rings is 2. The van der Waals surface area contributed by atoms with Crippen LogP contribution < -0.4 is 11.3 Å². The molecule has 1 unspecified atom stereocenters. The molecule has 0 heterocycles. The van der Waals surface area contributed by atoms with Crippen LogP contribution in [0.25, 0.3) is 0 Å². The highest BCUT2D eigenvalue weighted by atomic mass is 35.5. The minimum Gasteiger partial charge on any atom is -0.271 e. The molecule has 0 aliphatic heterocycles. The van der Waals surface area contributed by atoms with Gasteiger partial charge in [0.05, 0.1) is 0 Å². The van der Waals surface area contributed by atoms with E-state index in [1.165, 1.54) is 22.3 Å². The molecule has 106 valence electrons. The van der Waals surface area contributed by atoms with Gasteiger partial charge in [-0.05, 0) is 49.9 Å². The summed E-state index contributed by atoms with van der Waals surface area (Å²) in [5.41, 5.74) is 8.01. The molecule has 3 N–H and O–H groups in total. The number of hydrazine groups is 1. The van der Waals surface area contributed by atoms with Gasteiger partial charge in [0.25, 0.3) is 0 Å². The van der Waals surface area contributed by atoms with Gasteiger partial charge in [-0.1, -0.05) is 53.1 Å². The molecule has 0 aromatic heterocycles. The van der Waals surface area contributed by atoms with Crippen LogP contribution in [0.3, 0.4) is 0 Å². The Kier molecular flexibility index (Phi) is 5.18. The summed E-state index contributed by atoms with van der Waals surface area (Å²) in [6.07, 6.45) is 1.77. The Morgan fingerprint density at radius 3 is 2.25 bits per heavy atom. The van der Waals surface area contributed by atoms with Gasteiger partial charge in [-0.2, -0.15) is 0 Å². The lowest BCUT2D eigenvalue weighted by molar-refractivity contribution is 0.522. The van der Waals surface area contributed by atoms with E-state index in [1.54, 1.807) is 0 Å². The van der Waals surface area contributed by atoms with E-state index in [1.807, 2.05) is 18.2 Å². The van der Waals surface area contributed by atoms with Gasteiger partial charge in [0.15, 0.2) is 0 Å². The third-order valence-electron chi connectivity index (χ3n) is 3.37. The molecule has 0 spiro atoms. The molecule has 0 bridgehead atoms. The van der Waals surface area contributed by atoms with Gasteiger partial charge in [0, 0.05) is 11.1 Å². The van der Waals surface area contributed by atoms with Crippen LogP contribution in [0.15, 0.2) is 42.5 Å². The Morgan fingerprint density at radius 2 is 1.65 bits per heavy atom. The largest absolute Gasteiger partial charge is 0.271 e. The fraction of sp³-hybridized carbons (Fsp3) is 0.294. The van der Waals surface area contributed by atoms with Crippen LogP contribution in [0.5, 0.6) is 0 Å². The van der Waals surface area contributed by atoms with E-state index in [0.717, 1.165) is 17.9 Å². The topological polar surface area (TPSA) is 38.0 Å². The number of halogens is 1. The number of nitrogens with two attached hydrogens (primary N) is 1. The minimum absolute atomic E-state index is 0.203. The van der Waals surface area contributed by atoms with E-state index in [2.05, 4.69) is 43.5 Å². The van der Waals surface area contributed by atoms with Crippen molar-refractivity contribution >= 4 is 11.6 Å². The van der Waals surface area contributed by atoms with E-state index in [9.17, 15) is 0 Å². The highest BCUT2D eigenvalue weighted by Gasteiger charge is 2.10. The maximum atomic E-state index is 6.02. The highest BCUT2D eigenvalue weighted by molar-refractivity contribution is 6.30. The highest BCUT2D eigenvalue weighted by Crippen LogP contribution is 2.15. The molecule has 2 aromatic carbocycles. The first-order valence-electron chi connectivity index (χ1n) is 6.84. The molecule has 0 aliphatic rings. The third kappa shape index (κ3) is 4.34. The maximum Gasteiger partial charge on any atom is 0.0408 e. The molecule has 2 rings (SSSR count). The average molecular weight is 289 g/mol. The zero-order chi connectivity index (χ0) is 14.5. The summed E-state index contributed by atoms with van der Waals surface area (Å²) in [5.74, 6) is 5.70. The first kappa shape index (κ1) is 15.0. The van der Waals surface area contributed by atoms with E-state index >= 15 is 0 Å². The molecule has 0 aliphatic carbocycles. The first-order chi connectivity index (χ1) is 9.56. The predicted molar refractivity (Wildman–Crippen MR) is 85.9 cm³/mol. The van der Waals surface area contributed by atoms with E-state index in [-0.39, 0.29) is 6.04 Å². The Hall–Kier alpha value is -1.35. The van der Waals surface area contributed by atoms with Gasteiger partial charge in [-0.25, -0.2) is 0 Å². The summed E-state index contributed by atoms with van der Waals surface area (Å²) in [6, 6.07) is 14.8. The number of nitrogens with one attached hydrogen (secondary N) is 1. The molecular formula is C17H21ClN2. The van der Waals surface area contributed by atoms with Crippen LogP contribution in [0.4, 0.5) is 0 Å². The molecule has 0 amide bonds. The lowest BCUT2D eigenvalue weighted by atomic mass is 9.97. The fourth-order valence-electron chi connectivity index (χ4n) is 2.61. The van der Waals surface area contributed by atoms with Gasteiger partial charge in [0.2, 0.25) is 0 Å². The summed E-state index contributed by atoms with van der Waals surface area (Å²) >= 11 is 6.02. The number of hydrogen-bond acceptors (Lipinski definition) is 2. The van der Waals surface area contributed by atoms with Crippen LogP contribution in [-0.2, 0) is 12.8 Å². The van der Waals surface area contributed by atoms with Crippen molar-refractivity contribution in [3.8, 4) is 0 Å². The third-order valence-corrected chi connectivity index (χ3v) is 3.61. The van der Waals surface area contributed by atoms with Crippen LogP contribution in [-0.4, -0.2) is 6.04 Å². The van der Waals surface area contributed by atoms with E-state index in [4.69, 9.17) is 17.4 Å².